The first kappa shape index (κ1) is 12.9. The molecule has 1 aromatic carbocycles. The summed E-state index contributed by atoms with van der Waals surface area (Å²) in [6, 6.07) is 16.0. The third-order valence-corrected chi connectivity index (χ3v) is 4.96. The lowest BCUT2D eigenvalue weighted by Crippen LogP contribution is -2.27. The Kier molecular flexibility index (Phi) is 3.17. The van der Waals surface area contributed by atoms with Crippen molar-refractivity contribution < 1.29 is 0 Å². The summed E-state index contributed by atoms with van der Waals surface area (Å²) in [5, 5.41) is 0. The summed E-state index contributed by atoms with van der Waals surface area (Å²) in [4.78, 5) is 7.19. The summed E-state index contributed by atoms with van der Waals surface area (Å²) in [5.41, 5.74) is 2.88. The van der Waals surface area contributed by atoms with Gasteiger partial charge in [-0.25, -0.2) is 4.98 Å². The fourth-order valence-electron chi connectivity index (χ4n) is 3.54. The highest BCUT2D eigenvalue weighted by molar-refractivity contribution is 5.44. The van der Waals surface area contributed by atoms with Crippen molar-refractivity contribution >= 4 is 5.82 Å². The fourth-order valence-corrected chi connectivity index (χ4v) is 3.54. The van der Waals surface area contributed by atoms with Crippen LogP contribution in [0.15, 0.2) is 48.7 Å². The van der Waals surface area contributed by atoms with E-state index in [1.54, 1.807) is 0 Å². The Balaban J connectivity index is 1.52. The van der Waals surface area contributed by atoms with Crippen LogP contribution >= 0.6 is 0 Å². The Morgan fingerprint density at radius 2 is 1.76 bits per heavy atom. The summed E-state index contributed by atoms with van der Waals surface area (Å²) in [6.07, 6.45) is 6.00. The maximum Gasteiger partial charge on any atom is 0.128 e. The molecule has 1 saturated heterocycles. The van der Waals surface area contributed by atoms with Gasteiger partial charge < -0.3 is 4.90 Å². The normalized spacial score (nSPS) is 25.3. The third-order valence-electron chi connectivity index (χ3n) is 4.96. The van der Waals surface area contributed by atoms with E-state index >= 15 is 0 Å². The molecule has 0 radical (unpaired) electrons. The van der Waals surface area contributed by atoms with E-state index in [0.29, 0.717) is 12.0 Å². The molecule has 4 rings (SSSR count). The minimum Gasteiger partial charge on any atom is -0.353 e. The van der Waals surface area contributed by atoms with Gasteiger partial charge in [0.2, 0.25) is 0 Å². The van der Waals surface area contributed by atoms with Crippen molar-refractivity contribution in [2.75, 3.05) is 11.4 Å². The molecule has 2 heteroatoms. The predicted molar refractivity (Wildman–Crippen MR) is 86.8 cm³/mol. The number of aromatic nitrogens is 1. The predicted octanol–water partition coefficient (Wildman–Crippen LogP) is 4.34. The molecule has 1 aromatic heterocycles. The van der Waals surface area contributed by atoms with Crippen LogP contribution in [-0.4, -0.2) is 17.6 Å². The van der Waals surface area contributed by atoms with Gasteiger partial charge in [-0.1, -0.05) is 36.4 Å². The van der Waals surface area contributed by atoms with Crippen molar-refractivity contribution in [3.05, 3.63) is 59.8 Å². The smallest absolute Gasteiger partial charge is 0.128 e. The molecule has 108 valence electrons. The second-order valence-electron chi connectivity index (χ2n) is 6.57. The van der Waals surface area contributed by atoms with Gasteiger partial charge in [-0.3, -0.25) is 0 Å². The molecule has 2 nitrogen and oxygen atoms in total. The Bertz CT molecular complexity index is 601. The van der Waals surface area contributed by atoms with Gasteiger partial charge in [0.25, 0.3) is 0 Å². The number of benzene rings is 1. The number of hydrogen-bond donors (Lipinski definition) is 0. The van der Waals surface area contributed by atoms with Gasteiger partial charge in [-0.2, -0.15) is 0 Å². The second kappa shape index (κ2) is 5.18. The number of anilines is 1. The monoisotopic (exact) mass is 278 g/mol. The van der Waals surface area contributed by atoms with E-state index in [-0.39, 0.29) is 0 Å². The van der Waals surface area contributed by atoms with Gasteiger partial charge in [0.05, 0.1) is 0 Å². The number of nitrogens with zero attached hydrogens (tertiary/aromatic N) is 2. The van der Waals surface area contributed by atoms with Crippen LogP contribution in [0.4, 0.5) is 5.82 Å². The van der Waals surface area contributed by atoms with E-state index in [4.69, 9.17) is 4.98 Å². The zero-order valence-corrected chi connectivity index (χ0v) is 12.6. The van der Waals surface area contributed by atoms with E-state index in [1.807, 2.05) is 0 Å². The van der Waals surface area contributed by atoms with Crippen molar-refractivity contribution in [2.45, 2.75) is 44.1 Å². The SMILES string of the molecule is CC1CC(c2ccccc2)CN1c1ccc(C2CC2)cn1. The average molecular weight is 278 g/mol. The molecule has 0 N–H and O–H groups in total. The van der Waals surface area contributed by atoms with Crippen LogP contribution in [0.25, 0.3) is 0 Å². The molecular weight excluding hydrogens is 256 g/mol. The van der Waals surface area contributed by atoms with Crippen molar-refractivity contribution in [2.24, 2.45) is 0 Å². The first-order chi connectivity index (χ1) is 10.3. The van der Waals surface area contributed by atoms with E-state index in [9.17, 15) is 0 Å². The molecule has 2 atom stereocenters. The topological polar surface area (TPSA) is 16.1 Å². The summed E-state index contributed by atoms with van der Waals surface area (Å²) >= 11 is 0. The zero-order chi connectivity index (χ0) is 14.2. The zero-order valence-electron chi connectivity index (χ0n) is 12.6. The average Bonchev–Trinajstić information content (AvgIpc) is 3.31. The molecule has 0 bridgehead atoms. The molecule has 1 saturated carbocycles. The van der Waals surface area contributed by atoms with E-state index in [0.717, 1.165) is 18.3 Å². The third kappa shape index (κ3) is 2.55. The minimum atomic E-state index is 0.564. The summed E-state index contributed by atoms with van der Waals surface area (Å²) in [7, 11) is 0. The first-order valence-electron chi connectivity index (χ1n) is 8.09. The number of rotatable bonds is 3. The lowest BCUT2D eigenvalue weighted by molar-refractivity contribution is 0.696. The molecule has 0 amide bonds. The lowest BCUT2D eigenvalue weighted by atomic mass is 9.97. The van der Waals surface area contributed by atoms with Gasteiger partial charge in [-0.05, 0) is 49.3 Å². The van der Waals surface area contributed by atoms with E-state index in [1.165, 1.54) is 30.4 Å². The van der Waals surface area contributed by atoms with Crippen molar-refractivity contribution in [1.29, 1.82) is 0 Å². The second-order valence-corrected chi connectivity index (χ2v) is 6.57. The highest BCUT2D eigenvalue weighted by Gasteiger charge is 2.31. The molecule has 2 aliphatic rings. The van der Waals surface area contributed by atoms with Crippen LogP contribution < -0.4 is 4.90 Å². The molecule has 0 spiro atoms. The molecule has 2 heterocycles. The van der Waals surface area contributed by atoms with Gasteiger partial charge in [0.1, 0.15) is 5.82 Å². The molecule has 21 heavy (non-hydrogen) atoms. The van der Waals surface area contributed by atoms with Crippen molar-refractivity contribution in [3.8, 4) is 0 Å². The van der Waals surface area contributed by atoms with Crippen LogP contribution in [-0.2, 0) is 0 Å². The van der Waals surface area contributed by atoms with Gasteiger partial charge in [0.15, 0.2) is 0 Å². The summed E-state index contributed by atoms with van der Waals surface area (Å²) in [5.74, 6) is 2.57. The van der Waals surface area contributed by atoms with Gasteiger partial charge in [0, 0.05) is 24.7 Å². The molecule has 1 aliphatic carbocycles. The van der Waals surface area contributed by atoms with Crippen molar-refractivity contribution in [1.82, 2.24) is 4.98 Å². The van der Waals surface area contributed by atoms with E-state index < -0.39 is 0 Å². The summed E-state index contributed by atoms with van der Waals surface area (Å²) < 4.78 is 0. The Labute approximate surface area is 126 Å². The highest BCUT2D eigenvalue weighted by Crippen LogP contribution is 2.40. The number of pyridine rings is 1. The maximum atomic E-state index is 4.73. The quantitative estimate of drug-likeness (QED) is 0.830. The highest BCUT2D eigenvalue weighted by atomic mass is 15.2. The van der Waals surface area contributed by atoms with Crippen LogP contribution in [0, 0.1) is 0 Å². The van der Waals surface area contributed by atoms with Gasteiger partial charge in [-0.15, -0.1) is 0 Å². The standard InChI is InChI=1S/C19H22N2/c1-14-11-18(15-5-3-2-4-6-15)13-21(14)19-10-9-17(12-20-19)16-7-8-16/h2-6,9-10,12,14,16,18H,7-8,11,13H2,1H3. The Morgan fingerprint density at radius 3 is 2.43 bits per heavy atom. The Hall–Kier alpha value is -1.83. The largest absolute Gasteiger partial charge is 0.353 e. The van der Waals surface area contributed by atoms with Gasteiger partial charge >= 0.3 is 0 Å². The lowest BCUT2D eigenvalue weighted by Gasteiger charge is -2.22. The molecular formula is C19H22N2. The Morgan fingerprint density at radius 1 is 0.952 bits per heavy atom. The molecule has 1 aliphatic heterocycles. The summed E-state index contributed by atoms with van der Waals surface area (Å²) in [6.45, 7) is 3.40. The van der Waals surface area contributed by atoms with Crippen LogP contribution in [0.2, 0.25) is 0 Å². The maximum absolute atomic E-state index is 4.73. The molecule has 2 fully saturated rings. The first-order valence-corrected chi connectivity index (χ1v) is 8.09. The molecule has 2 aromatic rings. The molecule has 2 unspecified atom stereocenters. The fraction of sp³-hybridized carbons (Fsp3) is 0.421. The minimum absolute atomic E-state index is 0.564. The van der Waals surface area contributed by atoms with E-state index in [2.05, 4.69) is 60.5 Å². The van der Waals surface area contributed by atoms with Crippen LogP contribution in [0.1, 0.15) is 49.1 Å². The number of hydrogen-bond acceptors (Lipinski definition) is 2. The van der Waals surface area contributed by atoms with Crippen molar-refractivity contribution in [3.63, 3.8) is 0 Å². The van der Waals surface area contributed by atoms with Crippen LogP contribution in [0.3, 0.4) is 0 Å². The van der Waals surface area contributed by atoms with Crippen LogP contribution in [0.5, 0.6) is 0 Å².